The van der Waals surface area contributed by atoms with E-state index in [-0.39, 0.29) is 13.1 Å². The van der Waals surface area contributed by atoms with Crippen LogP contribution in [0.4, 0.5) is 0 Å². The zero-order valence-corrected chi connectivity index (χ0v) is 17.2. The Labute approximate surface area is 177 Å². The summed E-state index contributed by atoms with van der Waals surface area (Å²) in [6, 6.07) is 28.4. The van der Waals surface area contributed by atoms with E-state index in [2.05, 4.69) is 24.3 Å². The van der Waals surface area contributed by atoms with E-state index in [1.807, 2.05) is 60.7 Å². The maximum Gasteiger partial charge on any atom is 0.0708 e. The van der Waals surface area contributed by atoms with E-state index < -0.39 is 0 Å². The second-order valence-corrected chi connectivity index (χ2v) is 7.87. The van der Waals surface area contributed by atoms with Crippen molar-refractivity contribution >= 4 is 42.0 Å². The molecular weight excluding hydrogens is 433 g/mol. The number of aromatic nitrogens is 3. The van der Waals surface area contributed by atoms with Crippen LogP contribution in [0.3, 0.4) is 0 Å². The van der Waals surface area contributed by atoms with Gasteiger partial charge in [0.1, 0.15) is 0 Å². The standard InChI is InChI=1S/C22H14N3.2ClH.Fe/c1-3-7-17-15(5-1)9-11-19(23-17)21-13-14-22(25-21)20-12-10-16-6-2-4-8-18(16)24-20;;;/h1-14H;2*1H;/q-1;;;+3/p-2. The van der Waals surface area contributed by atoms with Gasteiger partial charge in [0.25, 0.3) is 0 Å². The van der Waals surface area contributed by atoms with Crippen molar-refractivity contribution in [2.45, 2.75) is 0 Å². The molecule has 0 aliphatic rings. The molecule has 0 amide bonds. The predicted octanol–water partition coefficient (Wildman–Crippen LogP) is 6.45. The van der Waals surface area contributed by atoms with Gasteiger partial charge in [-0.2, -0.15) is 0 Å². The number of nitrogens with zero attached hydrogens (tertiary/aromatic N) is 3. The first kappa shape index (κ1) is 19.0. The monoisotopic (exact) mass is 446 g/mol. The number of para-hydroxylation sites is 2. The van der Waals surface area contributed by atoms with Gasteiger partial charge in [0.15, 0.2) is 0 Å². The summed E-state index contributed by atoms with van der Waals surface area (Å²) in [5.74, 6) is 0. The first-order valence-electron chi connectivity index (χ1n) is 8.50. The summed E-state index contributed by atoms with van der Waals surface area (Å²) in [4.78, 5) is 14.2. The molecule has 3 aromatic heterocycles. The molecule has 0 saturated carbocycles. The summed E-state index contributed by atoms with van der Waals surface area (Å²) in [5, 5.41) is 2.27. The Morgan fingerprint density at radius 2 is 1.00 bits per heavy atom. The van der Waals surface area contributed by atoms with Gasteiger partial charge in [-0.3, -0.25) is 0 Å². The molecule has 0 aliphatic heterocycles. The minimum atomic E-state index is 0.194. The van der Waals surface area contributed by atoms with Crippen LogP contribution in [0.2, 0.25) is 0 Å². The molecule has 0 unspecified atom stereocenters. The number of pyridine rings is 2. The quantitative estimate of drug-likeness (QED) is 0.292. The molecule has 6 heteroatoms. The molecule has 28 heavy (non-hydrogen) atoms. The van der Waals surface area contributed by atoms with Gasteiger partial charge in [0, 0.05) is 22.2 Å². The minimum Gasteiger partial charge on any atom is -0.654 e. The van der Waals surface area contributed by atoms with Crippen molar-refractivity contribution in [2.75, 3.05) is 0 Å². The van der Waals surface area contributed by atoms with Crippen LogP contribution in [-0.4, -0.2) is 9.97 Å². The Bertz CT molecular complexity index is 1140. The van der Waals surface area contributed by atoms with Crippen LogP contribution in [0.5, 0.6) is 0 Å². The van der Waals surface area contributed by atoms with Crippen LogP contribution in [0.15, 0.2) is 84.9 Å². The van der Waals surface area contributed by atoms with Crippen LogP contribution < -0.4 is 4.98 Å². The van der Waals surface area contributed by atoms with Gasteiger partial charge in [-0.1, -0.05) is 60.7 Å². The van der Waals surface area contributed by atoms with Gasteiger partial charge in [-0.15, -0.1) is 11.4 Å². The average Bonchev–Trinajstić information content (AvgIpc) is 3.24. The maximum absolute atomic E-state index is 4.76. The van der Waals surface area contributed by atoms with Crippen molar-refractivity contribution in [3.05, 3.63) is 84.9 Å². The molecule has 0 bridgehead atoms. The van der Waals surface area contributed by atoms with Crippen molar-refractivity contribution in [3.63, 3.8) is 0 Å². The van der Waals surface area contributed by atoms with E-state index >= 15 is 0 Å². The number of fused-ring (bicyclic) bond motifs is 2. The normalized spacial score (nSPS) is 10.6. The summed E-state index contributed by atoms with van der Waals surface area (Å²) in [5.41, 5.74) is 5.46. The minimum absolute atomic E-state index is 0.194. The van der Waals surface area contributed by atoms with Crippen LogP contribution in [-0.2, 0) is 13.1 Å². The first-order chi connectivity index (χ1) is 13.8. The largest absolute Gasteiger partial charge is 0.654 e. The summed E-state index contributed by atoms with van der Waals surface area (Å²) in [7, 11) is 9.53. The molecule has 3 nitrogen and oxygen atoms in total. The van der Waals surface area contributed by atoms with Crippen molar-refractivity contribution < 1.29 is 13.1 Å². The molecule has 0 atom stereocenters. The van der Waals surface area contributed by atoms with Crippen molar-refractivity contribution in [1.82, 2.24) is 15.0 Å². The number of halogens is 2. The van der Waals surface area contributed by atoms with E-state index in [9.17, 15) is 0 Å². The van der Waals surface area contributed by atoms with Gasteiger partial charge in [0.2, 0.25) is 0 Å². The number of hydrogen-bond acceptors (Lipinski definition) is 2. The van der Waals surface area contributed by atoms with Crippen LogP contribution in [0.1, 0.15) is 0 Å². The third-order valence-electron chi connectivity index (χ3n) is 4.36. The molecule has 0 fully saturated rings. The predicted molar refractivity (Wildman–Crippen MR) is 113 cm³/mol. The van der Waals surface area contributed by atoms with Gasteiger partial charge < -0.3 is 4.98 Å². The number of benzene rings is 2. The van der Waals surface area contributed by atoms with E-state index in [0.717, 1.165) is 44.6 Å². The summed E-state index contributed by atoms with van der Waals surface area (Å²) in [6.45, 7) is 0. The van der Waals surface area contributed by atoms with E-state index in [1.165, 1.54) is 0 Å². The first-order valence-corrected chi connectivity index (χ1v) is 11.5. The Morgan fingerprint density at radius 1 is 0.571 bits per heavy atom. The molecule has 0 aliphatic carbocycles. The van der Waals surface area contributed by atoms with Crippen molar-refractivity contribution in [1.29, 1.82) is 0 Å². The molecule has 0 spiro atoms. The Kier molecular flexibility index (Phi) is 5.94. The van der Waals surface area contributed by atoms with Gasteiger partial charge in [-0.05, 0) is 24.3 Å². The van der Waals surface area contributed by atoms with E-state index in [0.29, 0.717) is 0 Å². The van der Waals surface area contributed by atoms with Crippen LogP contribution in [0.25, 0.3) is 44.6 Å². The van der Waals surface area contributed by atoms with E-state index in [1.54, 1.807) is 0 Å². The molecule has 0 N–H and O–H groups in total. The van der Waals surface area contributed by atoms with E-state index in [4.69, 9.17) is 35.1 Å². The number of rotatable bonds is 2. The van der Waals surface area contributed by atoms with Gasteiger partial charge >= 0.3 is 33.3 Å². The summed E-state index contributed by atoms with van der Waals surface area (Å²) in [6.07, 6.45) is 0. The molecule has 0 radical (unpaired) electrons. The SMILES string of the molecule is [Cl][Fe+][Cl].c1ccc2nc(-c3ccc(-c4ccc5ccccc5n4)[n-]3)ccc2c1. The second kappa shape index (κ2) is 8.76. The zero-order chi connectivity index (χ0) is 19.3. The van der Waals surface area contributed by atoms with Crippen molar-refractivity contribution in [2.24, 2.45) is 0 Å². The zero-order valence-electron chi connectivity index (χ0n) is 14.5. The van der Waals surface area contributed by atoms with Crippen LogP contribution in [0, 0.1) is 0 Å². The summed E-state index contributed by atoms with van der Waals surface area (Å²) < 4.78 is 0. The average molecular weight is 447 g/mol. The third kappa shape index (κ3) is 4.06. The van der Waals surface area contributed by atoms with Crippen molar-refractivity contribution in [3.8, 4) is 22.8 Å². The van der Waals surface area contributed by atoms with Gasteiger partial charge in [-0.25, -0.2) is 9.97 Å². The Hall–Kier alpha value is -2.36. The van der Waals surface area contributed by atoms with Crippen LogP contribution >= 0.6 is 20.2 Å². The third-order valence-corrected chi connectivity index (χ3v) is 4.36. The topological polar surface area (TPSA) is 39.9 Å². The fraction of sp³-hybridized carbons (Fsp3) is 0. The molecule has 3 heterocycles. The molecule has 5 rings (SSSR count). The smallest absolute Gasteiger partial charge is 0.0708 e. The molecule has 139 valence electrons. The van der Waals surface area contributed by atoms with Gasteiger partial charge in [0.05, 0.1) is 11.0 Å². The second-order valence-electron chi connectivity index (χ2n) is 6.04. The fourth-order valence-electron chi connectivity index (χ4n) is 3.06. The molecule has 5 aromatic rings. The molecule has 2 aromatic carbocycles. The molecular formula is C22H14Cl2FeN3. The Morgan fingerprint density at radius 3 is 1.46 bits per heavy atom. The maximum atomic E-state index is 4.76. The summed E-state index contributed by atoms with van der Waals surface area (Å²) >= 11 is 0.194. The fourth-order valence-corrected chi connectivity index (χ4v) is 3.06. The molecule has 0 saturated heterocycles. The Balaban J connectivity index is 0.000000604. The number of hydrogen-bond donors (Lipinski definition) is 0.